The molecule has 0 bridgehead atoms. The number of ether oxygens (including phenoxy) is 2. The summed E-state index contributed by atoms with van der Waals surface area (Å²) < 4.78 is 10.5. The van der Waals surface area contributed by atoms with E-state index in [1.54, 1.807) is 32.1 Å². The van der Waals surface area contributed by atoms with Crippen molar-refractivity contribution in [2.24, 2.45) is 0 Å². The predicted molar refractivity (Wildman–Crippen MR) is 91.5 cm³/mol. The van der Waals surface area contributed by atoms with Gasteiger partial charge in [-0.05, 0) is 12.1 Å². The van der Waals surface area contributed by atoms with Crippen molar-refractivity contribution >= 4 is 17.5 Å². The minimum atomic E-state index is 0.0652. The van der Waals surface area contributed by atoms with Crippen LogP contribution in [-0.4, -0.2) is 68.6 Å². The molecular formula is C17H25N3O4. The lowest BCUT2D eigenvalue weighted by Gasteiger charge is -2.34. The maximum Gasteiger partial charge on any atom is 0.224 e. The van der Waals surface area contributed by atoms with Crippen LogP contribution < -0.4 is 14.8 Å². The molecule has 0 aliphatic carbocycles. The fraction of sp³-hybridized carbons (Fsp3) is 0.529. The molecule has 7 nitrogen and oxygen atoms in total. The van der Waals surface area contributed by atoms with Gasteiger partial charge in [0.05, 0.1) is 19.9 Å². The molecule has 0 aromatic heterocycles. The standard InChI is InChI=1S/C17H25N3O4/c1-13(21)19-8-10-20(11-9-19)17(22)6-7-18-15-5-4-14(23-2)12-16(15)24-3/h4-5,12,18H,6-11H2,1-3H3. The number of methoxy groups -OCH3 is 2. The number of hydrogen-bond donors (Lipinski definition) is 1. The Labute approximate surface area is 142 Å². The topological polar surface area (TPSA) is 71.1 Å². The van der Waals surface area contributed by atoms with E-state index in [0.29, 0.717) is 44.9 Å². The van der Waals surface area contributed by atoms with E-state index in [0.717, 1.165) is 11.4 Å². The van der Waals surface area contributed by atoms with Crippen LogP contribution in [0.5, 0.6) is 11.5 Å². The molecule has 1 aliphatic rings. The zero-order valence-corrected chi connectivity index (χ0v) is 14.5. The summed E-state index contributed by atoms with van der Waals surface area (Å²) in [6.45, 7) is 4.51. The Bertz CT molecular complexity index is 583. The summed E-state index contributed by atoms with van der Waals surface area (Å²) in [6.07, 6.45) is 0.398. The van der Waals surface area contributed by atoms with Crippen molar-refractivity contribution in [1.82, 2.24) is 9.80 Å². The Morgan fingerprint density at radius 2 is 1.75 bits per heavy atom. The van der Waals surface area contributed by atoms with Crippen LogP contribution in [-0.2, 0) is 9.59 Å². The Kier molecular flexibility index (Phi) is 6.28. The van der Waals surface area contributed by atoms with Gasteiger partial charge in [-0.3, -0.25) is 9.59 Å². The highest BCUT2D eigenvalue weighted by atomic mass is 16.5. The molecule has 1 saturated heterocycles. The van der Waals surface area contributed by atoms with Crippen LogP contribution in [0.1, 0.15) is 13.3 Å². The molecule has 2 rings (SSSR count). The van der Waals surface area contributed by atoms with Gasteiger partial charge in [0.2, 0.25) is 11.8 Å². The number of amides is 2. The minimum absolute atomic E-state index is 0.0652. The lowest BCUT2D eigenvalue weighted by molar-refractivity contribution is -0.138. The van der Waals surface area contributed by atoms with Gasteiger partial charge in [-0.15, -0.1) is 0 Å². The van der Waals surface area contributed by atoms with Crippen LogP contribution >= 0.6 is 0 Å². The van der Waals surface area contributed by atoms with Crippen molar-refractivity contribution in [2.75, 3.05) is 52.3 Å². The van der Waals surface area contributed by atoms with Crippen molar-refractivity contribution < 1.29 is 19.1 Å². The van der Waals surface area contributed by atoms with E-state index in [-0.39, 0.29) is 11.8 Å². The third kappa shape index (κ3) is 4.53. The molecule has 0 radical (unpaired) electrons. The Morgan fingerprint density at radius 1 is 1.08 bits per heavy atom. The highest BCUT2D eigenvalue weighted by molar-refractivity contribution is 5.78. The average Bonchev–Trinajstić information content (AvgIpc) is 2.61. The van der Waals surface area contributed by atoms with Crippen LogP contribution in [0.25, 0.3) is 0 Å². The number of anilines is 1. The first-order valence-corrected chi connectivity index (χ1v) is 8.04. The van der Waals surface area contributed by atoms with Crippen LogP contribution in [0.2, 0.25) is 0 Å². The van der Waals surface area contributed by atoms with Gasteiger partial charge in [0.15, 0.2) is 0 Å². The van der Waals surface area contributed by atoms with Crippen molar-refractivity contribution in [1.29, 1.82) is 0 Å². The monoisotopic (exact) mass is 335 g/mol. The summed E-state index contributed by atoms with van der Waals surface area (Å²) in [5, 5.41) is 3.22. The average molecular weight is 335 g/mol. The fourth-order valence-electron chi connectivity index (χ4n) is 2.68. The molecule has 1 fully saturated rings. The molecule has 1 heterocycles. The van der Waals surface area contributed by atoms with Gasteiger partial charge in [-0.2, -0.15) is 0 Å². The maximum atomic E-state index is 12.3. The summed E-state index contributed by atoms with van der Waals surface area (Å²) in [5.41, 5.74) is 0.826. The molecule has 0 atom stereocenters. The quantitative estimate of drug-likeness (QED) is 0.846. The molecular weight excluding hydrogens is 310 g/mol. The highest BCUT2D eigenvalue weighted by Crippen LogP contribution is 2.28. The Balaban J connectivity index is 1.80. The molecule has 1 aliphatic heterocycles. The van der Waals surface area contributed by atoms with E-state index in [1.165, 1.54) is 0 Å². The van der Waals surface area contributed by atoms with Gasteiger partial charge in [0.1, 0.15) is 11.5 Å². The molecule has 1 aromatic rings. The van der Waals surface area contributed by atoms with Crippen LogP contribution in [0, 0.1) is 0 Å². The van der Waals surface area contributed by atoms with E-state index < -0.39 is 0 Å². The molecule has 1 aromatic carbocycles. The van der Waals surface area contributed by atoms with Gasteiger partial charge in [-0.1, -0.05) is 0 Å². The summed E-state index contributed by atoms with van der Waals surface area (Å²) in [5.74, 6) is 1.56. The third-order valence-corrected chi connectivity index (χ3v) is 4.14. The number of carbonyl (C=O) groups excluding carboxylic acids is 2. The van der Waals surface area contributed by atoms with E-state index in [1.807, 2.05) is 17.0 Å². The first-order valence-electron chi connectivity index (χ1n) is 8.04. The smallest absolute Gasteiger partial charge is 0.224 e. The first kappa shape index (κ1) is 17.9. The van der Waals surface area contributed by atoms with Gasteiger partial charge in [-0.25, -0.2) is 0 Å². The maximum absolute atomic E-state index is 12.3. The molecule has 132 valence electrons. The largest absolute Gasteiger partial charge is 0.497 e. The fourth-order valence-corrected chi connectivity index (χ4v) is 2.68. The molecule has 0 saturated carbocycles. The summed E-state index contributed by atoms with van der Waals surface area (Å²) in [7, 11) is 3.20. The molecule has 0 unspecified atom stereocenters. The number of rotatable bonds is 6. The Morgan fingerprint density at radius 3 is 2.33 bits per heavy atom. The van der Waals surface area contributed by atoms with Crippen molar-refractivity contribution in [3.05, 3.63) is 18.2 Å². The second kappa shape index (κ2) is 8.42. The zero-order valence-electron chi connectivity index (χ0n) is 14.5. The minimum Gasteiger partial charge on any atom is -0.497 e. The predicted octanol–water partition coefficient (Wildman–Crippen LogP) is 1.20. The van der Waals surface area contributed by atoms with E-state index >= 15 is 0 Å². The van der Waals surface area contributed by atoms with Crippen molar-refractivity contribution in [3.63, 3.8) is 0 Å². The van der Waals surface area contributed by atoms with Crippen molar-refractivity contribution in [3.8, 4) is 11.5 Å². The van der Waals surface area contributed by atoms with Crippen LogP contribution in [0.4, 0.5) is 5.69 Å². The third-order valence-electron chi connectivity index (χ3n) is 4.14. The number of piperazine rings is 1. The summed E-state index contributed by atoms with van der Waals surface area (Å²) in [6, 6.07) is 5.51. The van der Waals surface area contributed by atoms with Gasteiger partial charge in [0, 0.05) is 52.1 Å². The summed E-state index contributed by atoms with van der Waals surface area (Å²) in [4.78, 5) is 27.1. The van der Waals surface area contributed by atoms with Crippen molar-refractivity contribution in [2.45, 2.75) is 13.3 Å². The zero-order chi connectivity index (χ0) is 17.5. The lowest BCUT2D eigenvalue weighted by atomic mass is 10.2. The Hall–Kier alpha value is -2.44. The number of hydrogen-bond acceptors (Lipinski definition) is 5. The molecule has 7 heteroatoms. The summed E-state index contributed by atoms with van der Waals surface area (Å²) >= 11 is 0. The second-order valence-electron chi connectivity index (χ2n) is 5.63. The normalized spacial score (nSPS) is 14.3. The van der Waals surface area contributed by atoms with E-state index in [4.69, 9.17) is 9.47 Å². The van der Waals surface area contributed by atoms with Gasteiger partial charge < -0.3 is 24.6 Å². The number of nitrogens with zero attached hydrogens (tertiary/aromatic N) is 2. The SMILES string of the molecule is COc1ccc(NCCC(=O)N2CCN(C(C)=O)CC2)c(OC)c1. The van der Waals surface area contributed by atoms with Crippen LogP contribution in [0.15, 0.2) is 18.2 Å². The molecule has 1 N–H and O–H groups in total. The number of carbonyl (C=O) groups is 2. The highest BCUT2D eigenvalue weighted by Gasteiger charge is 2.21. The first-order chi connectivity index (χ1) is 11.5. The van der Waals surface area contributed by atoms with Gasteiger partial charge in [0.25, 0.3) is 0 Å². The van der Waals surface area contributed by atoms with E-state index in [2.05, 4.69) is 5.32 Å². The molecule has 0 spiro atoms. The number of benzene rings is 1. The second-order valence-corrected chi connectivity index (χ2v) is 5.63. The van der Waals surface area contributed by atoms with Crippen LogP contribution in [0.3, 0.4) is 0 Å². The lowest BCUT2D eigenvalue weighted by Crippen LogP contribution is -2.50. The molecule has 24 heavy (non-hydrogen) atoms. The number of nitrogens with one attached hydrogen (secondary N) is 1. The van der Waals surface area contributed by atoms with E-state index in [9.17, 15) is 9.59 Å². The van der Waals surface area contributed by atoms with Gasteiger partial charge >= 0.3 is 0 Å². The molecule has 2 amide bonds.